The van der Waals surface area contributed by atoms with E-state index in [1.807, 2.05) is 55.5 Å². The first-order chi connectivity index (χ1) is 12.6. The number of phenolic OH excluding ortho intramolecular Hbond substituents is 1. The number of anilines is 1. The maximum absolute atomic E-state index is 12.3. The van der Waals surface area contributed by atoms with E-state index in [0.717, 1.165) is 28.4 Å². The number of hydrogen-bond donors (Lipinski definition) is 3. The Hall–Kier alpha value is -3.34. The van der Waals surface area contributed by atoms with Crippen LogP contribution in [-0.2, 0) is 11.2 Å². The maximum Gasteiger partial charge on any atom is 0.255 e. The Morgan fingerprint density at radius 1 is 0.962 bits per heavy atom. The van der Waals surface area contributed by atoms with Crippen LogP contribution in [0.1, 0.15) is 22.8 Å². The minimum absolute atomic E-state index is 0.113. The molecule has 0 aliphatic carbocycles. The van der Waals surface area contributed by atoms with E-state index in [-0.39, 0.29) is 23.8 Å². The second kappa shape index (κ2) is 7.70. The van der Waals surface area contributed by atoms with E-state index in [2.05, 4.69) is 10.6 Å². The molecule has 0 aliphatic heterocycles. The Kier molecular flexibility index (Phi) is 5.17. The summed E-state index contributed by atoms with van der Waals surface area (Å²) in [6, 6.07) is 18.1. The molecule has 0 radical (unpaired) electrons. The molecule has 0 bridgehead atoms. The van der Waals surface area contributed by atoms with Crippen molar-refractivity contribution < 1.29 is 14.7 Å². The second-order valence-electron chi connectivity index (χ2n) is 5.96. The van der Waals surface area contributed by atoms with Gasteiger partial charge in [-0.3, -0.25) is 9.59 Å². The molecule has 3 N–H and O–H groups in total. The maximum atomic E-state index is 12.3. The van der Waals surface area contributed by atoms with E-state index in [1.165, 1.54) is 0 Å². The van der Waals surface area contributed by atoms with Gasteiger partial charge in [-0.2, -0.15) is 0 Å². The number of hydrogen-bond acceptors (Lipinski definition) is 3. The van der Waals surface area contributed by atoms with E-state index >= 15 is 0 Å². The third-order valence-corrected chi connectivity index (χ3v) is 4.19. The highest BCUT2D eigenvalue weighted by atomic mass is 16.3. The number of rotatable bonds is 5. The van der Waals surface area contributed by atoms with Crippen LogP contribution in [0.15, 0.2) is 60.7 Å². The van der Waals surface area contributed by atoms with Crippen LogP contribution in [0.4, 0.5) is 5.69 Å². The summed E-state index contributed by atoms with van der Waals surface area (Å²) in [4.78, 5) is 24.5. The topological polar surface area (TPSA) is 78.4 Å². The molecule has 0 spiro atoms. The number of nitrogens with one attached hydrogen (secondary N) is 2. The standard InChI is InChI=1S/C21H20N2O3/c1-2-14-7-5-6-10-18(14)23-20(25)13-22-21(26)17-11-15-8-3-4-9-16(15)12-19(17)24/h3-12,24H,2,13H2,1H3,(H,22,26)(H,23,25). The average Bonchev–Trinajstić information content (AvgIpc) is 2.66. The molecule has 2 amide bonds. The molecule has 0 atom stereocenters. The van der Waals surface area contributed by atoms with E-state index in [9.17, 15) is 14.7 Å². The Morgan fingerprint density at radius 2 is 1.62 bits per heavy atom. The van der Waals surface area contributed by atoms with Crippen LogP contribution >= 0.6 is 0 Å². The van der Waals surface area contributed by atoms with Crippen LogP contribution in [-0.4, -0.2) is 23.5 Å². The Morgan fingerprint density at radius 3 is 2.35 bits per heavy atom. The van der Waals surface area contributed by atoms with Gasteiger partial charge in [0.15, 0.2) is 0 Å². The van der Waals surface area contributed by atoms with Crippen LogP contribution in [0.3, 0.4) is 0 Å². The van der Waals surface area contributed by atoms with Crippen molar-refractivity contribution in [1.82, 2.24) is 5.32 Å². The van der Waals surface area contributed by atoms with Crippen LogP contribution in [0.2, 0.25) is 0 Å². The van der Waals surface area contributed by atoms with Gasteiger partial charge in [0.05, 0.1) is 12.1 Å². The summed E-state index contributed by atoms with van der Waals surface area (Å²) in [5, 5.41) is 17.1. The number of aryl methyl sites for hydroxylation is 1. The minimum atomic E-state index is -0.493. The van der Waals surface area contributed by atoms with Crippen molar-refractivity contribution in [3.05, 3.63) is 71.8 Å². The molecule has 5 heteroatoms. The molecule has 0 saturated carbocycles. The van der Waals surface area contributed by atoms with Gasteiger partial charge in [0, 0.05) is 5.69 Å². The van der Waals surface area contributed by atoms with Gasteiger partial charge in [-0.05, 0) is 41.0 Å². The summed E-state index contributed by atoms with van der Waals surface area (Å²) in [5.41, 5.74) is 1.91. The molecule has 3 aromatic rings. The molecule has 0 aliphatic rings. The number of amides is 2. The molecule has 3 rings (SSSR count). The summed E-state index contributed by atoms with van der Waals surface area (Å²) in [7, 11) is 0. The van der Waals surface area contributed by atoms with E-state index < -0.39 is 5.91 Å². The number of carbonyl (C=O) groups is 2. The van der Waals surface area contributed by atoms with Crippen LogP contribution in [0, 0.1) is 0 Å². The predicted molar refractivity (Wildman–Crippen MR) is 102 cm³/mol. The molecular weight excluding hydrogens is 328 g/mol. The fourth-order valence-corrected chi connectivity index (χ4v) is 2.81. The van der Waals surface area contributed by atoms with Gasteiger partial charge < -0.3 is 15.7 Å². The first-order valence-electron chi connectivity index (χ1n) is 8.46. The monoisotopic (exact) mass is 348 g/mol. The molecule has 132 valence electrons. The van der Waals surface area contributed by atoms with E-state index in [1.54, 1.807) is 12.1 Å². The van der Waals surface area contributed by atoms with Gasteiger partial charge in [-0.1, -0.05) is 49.4 Å². The third kappa shape index (κ3) is 3.83. The Bertz CT molecular complexity index is 966. The van der Waals surface area contributed by atoms with Gasteiger partial charge in [-0.25, -0.2) is 0 Å². The van der Waals surface area contributed by atoms with Crippen molar-refractivity contribution >= 4 is 28.3 Å². The number of fused-ring (bicyclic) bond motifs is 1. The number of carbonyl (C=O) groups excluding carboxylic acids is 2. The zero-order valence-corrected chi connectivity index (χ0v) is 14.5. The van der Waals surface area contributed by atoms with E-state index in [4.69, 9.17) is 0 Å². The third-order valence-electron chi connectivity index (χ3n) is 4.19. The molecular formula is C21H20N2O3. The van der Waals surface area contributed by atoms with Crippen LogP contribution in [0.5, 0.6) is 5.75 Å². The Labute approximate surface area is 151 Å². The summed E-state index contributed by atoms with van der Waals surface area (Å²) in [6.45, 7) is 1.83. The first-order valence-corrected chi connectivity index (χ1v) is 8.46. The number of para-hydroxylation sites is 1. The van der Waals surface area contributed by atoms with Crippen LogP contribution in [0.25, 0.3) is 10.8 Å². The average molecular weight is 348 g/mol. The number of benzene rings is 3. The van der Waals surface area contributed by atoms with Gasteiger partial charge in [-0.15, -0.1) is 0 Å². The van der Waals surface area contributed by atoms with Crippen molar-refractivity contribution in [1.29, 1.82) is 0 Å². The molecule has 0 saturated heterocycles. The lowest BCUT2D eigenvalue weighted by atomic mass is 10.1. The highest BCUT2D eigenvalue weighted by Crippen LogP contribution is 2.24. The fraction of sp³-hybridized carbons (Fsp3) is 0.143. The van der Waals surface area contributed by atoms with Gasteiger partial charge in [0.1, 0.15) is 5.75 Å². The predicted octanol–water partition coefficient (Wildman–Crippen LogP) is 3.48. The van der Waals surface area contributed by atoms with Crippen molar-refractivity contribution in [2.75, 3.05) is 11.9 Å². The largest absolute Gasteiger partial charge is 0.507 e. The highest BCUT2D eigenvalue weighted by Gasteiger charge is 2.14. The fourth-order valence-electron chi connectivity index (χ4n) is 2.81. The zero-order chi connectivity index (χ0) is 18.5. The molecule has 0 heterocycles. The lowest BCUT2D eigenvalue weighted by Crippen LogP contribution is -2.33. The molecule has 0 fully saturated rings. The lowest BCUT2D eigenvalue weighted by Gasteiger charge is -2.11. The molecule has 0 unspecified atom stereocenters. The van der Waals surface area contributed by atoms with Gasteiger partial charge in [0.2, 0.25) is 5.91 Å². The summed E-state index contributed by atoms with van der Waals surface area (Å²) < 4.78 is 0. The van der Waals surface area contributed by atoms with Crippen molar-refractivity contribution in [2.24, 2.45) is 0 Å². The summed E-state index contributed by atoms with van der Waals surface area (Å²) in [6.07, 6.45) is 0.799. The van der Waals surface area contributed by atoms with Crippen LogP contribution < -0.4 is 10.6 Å². The molecule has 5 nitrogen and oxygen atoms in total. The number of aromatic hydroxyl groups is 1. The quantitative estimate of drug-likeness (QED) is 0.660. The van der Waals surface area contributed by atoms with E-state index in [0.29, 0.717) is 0 Å². The minimum Gasteiger partial charge on any atom is -0.507 e. The Balaban J connectivity index is 1.67. The van der Waals surface area contributed by atoms with Crippen molar-refractivity contribution in [3.63, 3.8) is 0 Å². The first kappa shape index (κ1) is 17.5. The number of phenols is 1. The smallest absolute Gasteiger partial charge is 0.255 e. The zero-order valence-electron chi connectivity index (χ0n) is 14.5. The van der Waals surface area contributed by atoms with Crippen molar-refractivity contribution in [2.45, 2.75) is 13.3 Å². The summed E-state index contributed by atoms with van der Waals surface area (Å²) in [5.74, 6) is -0.926. The van der Waals surface area contributed by atoms with Crippen molar-refractivity contribution in [3.8, 4) is 5.75 Å². The molecule has 3 aromatic carbocycles. The lowest BCUT2D eigenvalue weighted by molar-refractivity contribution is -0.115. The SMILES string of the molecule is CCc1ccccc1NC(=O)CNC(=O)c1cc2ccccc2cc1O. The van der Waals surface area contributed by atoms with Gasteiger partial charge >= 0.3 is 0 Å². The molecule has 26 heavy (non-hydrogen) atoms. The second-order valence-corrected chi connectivity index (χ2v) is 5.96. The van der Waals surface area contributed by atoms with Gasteiger partial charge in [0.25, 0.3) is 5.91 Å². The normalized spacial score (nSPS) is 10.5. The molecule has 0 aromatic heterocycles. The summed E-state index contributed by atoms with van der Waals surface area (Å²) >= 11 is 0. The highest BCUT2D eigenvalue weighted by molar-refractivity contribution is 6.03.